The maximum absolute atomic E-state index is 11.6. The van der Waals surface area contributed by atoms with Crippen LogP contribution in [0.3, 0.4) is 0 Å². The monoisotopic (exact) mass is 248 g/mol. The van der Waals surface area contributed by atoms with Gasteiger partial charge >= 0.3 is 5.97 Å². The van der Waals surface area contributed by atoms with Crippen molar-refractivity contribution in [1.82, 2.24) is 0 Å². The van der Waals surface area contributed by atoms with Gasteiger partial charge in [0.2, 0.25) is 0 Å². The summed E-state index contributed by atoms with van der Waals surface area (Å²) < 4.78 is 0. The summed E-state index contributed by atoms with van der Waals surface area (Å²) in [7, 11) is 0. The molecule has 0 unspecified atom stereocenters. The second kappa shape index (κ2) is 5.53. The Bertz CT molecular complexity index is 391. The lowest BCUT2D eigenvalue weighted by molar-refractivity contribution is -0.146. The number of carboxylic acid groups (broad SMARTS) is 1. The molecule has 3 nitrogen and oxygen atoms in total. The Morgan fingerprint density at radius 2 is 1.61 bits per heavy atom. The second-order valence-electron chi connectivity index (χ2n) is 5.20. The Balaban J connectivity index is 2.32. The second-order valence-corrected chi connectivity index (χ2v) is 5.20. The van der Waals surface area contributed by atoms with Crippen molar-refractivity contribution < 1.29 is 15.0 Å². The molecule has 0 aliphatic heterocycles. The van der Waals surface area contributed by atoms with Crippen LogP contribution in [0.2, 0.25) is 0 Å². The maximum Gasteiger partial charge on any atom is 0.313 e. The van der Waals surface area contributed by atoms with E-state index in [1.54, 1.807) is 12.1 Å². The predicted octanol–water partition coefficient (Wildman–Crippen LogP) is 2.94. The van der Waals surface area contributed by atoms with Gasteiger partial charge in [-0.2, -0.15) is 0 Å². The van der Waals surface area contributed by atoms with E-state index in [2.05, 4.69) is 0 Å². The number of carbonyl (C=O) groups is 1. The quantitative estimate of drug-likeness (QED) is 0.808. The largest absolute Gasteiger partial charge is 0.481 e. The summed E-state index contributed by atoms with van der Waals surface area (Å²) >= 11 is 0. The third-order valence-electron chi connectivity index (χ3n) is 3.89. The smallest absolute Gasteiger partial charge is 0.313 e. The molecule has 1 aromatic carbocycles. The van der Waals surface area contributed by atoms with Gasteiger partial charge in [-0.05, 0) is 18.4 Å². The molecule has 0 bridgehead atoms. The van der Waals surface area contributed by atoms with E-state index in [1.165, 1.54) is 0 Å². The lowest BCUT2D eigenvalue weighted by atomic mass is 9.77. The summed E-state index contributed by atoms with van der Waals surface area (Å²) in [5.74, 6) is -1.73. The van der Waals surface area contributed by atoms with Gasteiger partial charge in [-0.15, -0.1) is 0 Å². The van der Waals surface area contributed by atoms with Crippen LogP contribution in [-0.4, -0.2) is 21.8 Å². The van der Waals surface area contributed by atoms with Crippen LogP contribution >= 0.6 is 0 Å². The predicted molar refractivity (Wildman–Crippen MR) is 69.5 cm³/mol. The first-order chi connectivity index (χ1) is 8.63. The van der Waals surface area contributed by atoms with E-state index < -0.39 is 17.5 Å². The summed E-state index contributed by atoms with van der Waals surface area (Å²) in [6.45, 7) is 0. The highest BCUT2D eigenvalue weighted by Crippen LogP contribution is 2.39. The van der Waals surface area contributed by atoms with Crippen molar-refractivity contribution in [3.8, 4) is 0 Å². The molecule has 1 atom stereocenters. The van der Waals surface area contributed by atoms with Crippen molar-refractivity contribution in [2.24, 2.45) is 0 Å². The molecular weight excluding hydrogens is 228 g/mol. The minimum atomic E-state index is -1.09. The van der Waals surface area contributed by atoms with Gasteiger partial charge in [-0.25, -0.2) is 0 Å². The molecular formula is C15H20O3. The standard InChI is InChI=1S/C15H20O3/c16-14(17)13(12-8-4-3-5-9-12)15(18)10-6-1-2-7-11-15/h3-5,8-9,13,18H,1-2,6-7,10-11H2,(H,16,17)/t13-/m1/s1. The van der Waals surface area contributed by atoms with Gasteiger partial charge in [0.15, 0.2) is 0 Å². The van der Waals surface area contributed by atoms with Crippen LogP contribution in [0.15, 0.2) is 30.3 Å². The average Bonchev–Trinajstić information content (AvgIpc) is 2.55. The van der Waals surface area contributed by atoms with Gasteiger partial charge in [-0.3, -0.25) is 4.79 Å². The molecule has 0 amide bonds. The Labute approximate surface area is 107 Å². The van der Waals surface area contributed by atoms with E-state index >= 15 is 0 Å². The number of hydrogen-bond donors (Lipinski definition) is 2. The minimum absolute atomic E-state index is 0.582. The van der Waals surface area contributed by atoms with Crippen LogP contribution in [0.1, 0.15) is 50.0 Å². The first kappa shape index (κ1) is 13.1. The fourth-order valence-electron chi connectivity index (χ4n) is 2.96. The van der Waals surface area contributed by atoms with Gasteiger partial charge in [0.05, 0.1) is 5.60 Å². The Kier molecular flexibility index (Phi) is 4.02. The van der Waals surface area contributed by atoms with E-state index in [9.17, 15) is 15.0 Å². The zero-order valence-electron chi connectivity index (χ0n) is 10.5. The Hall–Kier alpha value is -1.35. The zero-order valence-corrected chi connectivity index (χ0v) is 10.5. The summed E-state index contributed by atoms with van der Waals surface area (Å²) in [5, 5.41) is 20.2. The van der Waals surface area contributed by atoms with Crippen molar-refractivity contribution >= 4 is 5.97 Å². The lowest BCUT2D eigenvalue weighted by Crippen LogP contribution is -2.40. The van der Waals surface area contributed by atoms with Crippen LogP contribution < -0.4 is 0 Å². The molecule has 1 aliphatic rings. The minimum Gasteiger partial charge on any atom is -0.481 e. The lowest BCUT2D eigenvalue weighted by Gasteiger charge is -2.33. The SMILES string of the molecule is O=C(O)[C@@H](c1ccccc1)C1(O)CCCCCC1. The van der Waals surface area contributed by atoms with Gasteiger partial charge in [0.1, 0.15) is 5.92 Å². The molecule has 1 aliphatic carbocycles. The zero-order chi connectivity index (χ0) is 13.0. The van der Waals surface area contributed by atoms with Crippen molar-refractivity contribution in [2.45, 2.75) is 50.0 Å². The van der Waals surface area contributed by atoms with Crippen LogP contribution in [-0.2, 0) is 4.79 Å². The summed E-state index contributed by atoms with van der Waals surface area (Å²) in [5.41, 5.74) is -0.390. The van der Waals surface area contributed by atoms with E-state index in [-0.39, 0.29) is 0 Å². The first-order valence-corrected chi connectivity index (χ1v) is 6.64. The molecule has 1 fully saturated rings. The fraction of sp³-hybridized carbons (Fsp3) is 0.533. The Morgan fingerprint density at radius 1 is 1.06 bits per heavy atom. The van der Waals surface area contributed by atoms with Crippen molar-refractivity contribution in [2.75, 3.05) is 0 Å². The number of hydrogen-bond acceptors (Lipinski definition) is 2. The number of aliphatic hydroxyl groups is 1. The molecule has 98 valence electrons. The molecule has 0 spiro atoms. The molecule has 0 radical (unpaired) electrons. The molecule has 0 heterocycles. The number of rotatable bonds is 3. The molecule has 1 saturated carbocycles. The molecule has 0 aromatic heterocycles. The van der Waals surface area contributed by atoms with E-state index in [0.717, 1.165) is 25.7 Å². The number of aliphatic carboxylic acids is 1. The Morgan fingerprint density at radius 3 is 2.11 bits per heavy atom. The molecule has 3 heteroatoms. The van der Waals surface area contributed by atoms with Crippen LogP contribution in [0.4, 0.5) is 0 Å². The van der Waals surface area contributed by atoms with Gasteiger partial charge < -0.3 is 10.2 Å². The van der Waals surface area contributed by atoms with Gasteiger partial charge in [0.25, 0.3) is 0 Å². The maximum atomic E-state index is 11.6. The highest BCUT2D eigenvalue weighted by atomic mass is 16.4. The summed E-state index contributed by atoms with van der Waals surface area (Å²) in [6, 6.07) is 9.10. The van der Waals surface area contributed by atoms with Crippen LogP contribution in [0, 0.1) is 0 Å². The fourth-order valence-corrected chi connectivity index (χ4v) is 2.96. The first-order valence-electron chi connectivity index (χ1n) is 6.64. The highest BCUT2D eigenvalue weighted by Gasteiger charge is 2.42. The normalized spacial score (nSPS) is 20.9. The van der Waals surface area contributed by atoms with Crippen molar-refractivity contribution in [3.05, 3.63) is 35.9 Å². The topological polar surface area (TPSA) is 57.5 Å². The molecule has 0 saturated heterocycles. The third kappa shape index (κ3) is 2.72. The van der Waals surface area contributed by atoms with E-state index in [4.69, 9.17) is 0 Å². The third-order valence-corrected chi connectivity index (χ3v) is 3.89. The van der Waals surface area contributed by atoms with E-state index in [1.807, 2.05) is 18.2 Å². The molecule has 2 rings (SSSR count). The molecule has 18 heavy (non-hydrogen) atoms. The summed E-state index contributed by atoms with van der Waals surface area (Å²) in [6.07, 6.45) is 5.16. The van der Waals surface area contributed by atoms with Gasteiger partial charge in [-0.1, -0.05) is 56.0 Å². The molecule has 1 aromatic rings. The molecule has 2 N–H and O–H groups in total. The number of carboxylic acids is 1. The van der Waals surface area contributed by atoms with Crippen molar-refractivity contribution in [1.29, 1.82) is 0 Å². The van der Waals surface area contributed by atoms with Crippen LogP contribution in [0.25, 0.3) is 0 Å². The number of benzene rings is 1. The highest BCUT2D eigenvalue weighted by molar-refractivity contribution is 5.77. The van der Waals surface area contributed by atoms with Crippen LogP contribution in [0.5, 0.6) is 0 Å². The average molecular weight is 248 g/mol. The summed E-state index contributed by atoms with van der Waals surface area (Å²) in [4.78, 5) is 11.6. The van der Waals surface area contributed by atoms with Gasteiger partial charge in [0, 0.05) is 0 Å². The van der Waals surface area contributed by atoms with Crippen molar-refractivity contribution in [3.63, 3.8) is 0 Å². The van der Waals surface area contributed by atoms with E-state index in [0.29, 0.717) is 18.4 Å².